The van der Waals surface area contributed by atoms with Crippen molar-refractivity contribution in [1.29, 1.82) is 0 Å². The number of hydrogen-bond donors (Lipinski definition) is 1. The van der Waals surface area contributed by atoms with Gasteiger partial charge in [0.15, 0.2) is 11.5 Å². The van der Waals surface area contributed by atoms with Crippen LogP contribution in [-0.2, 0) is 6.54 Å². The van der Waals surface area contributed by atoms with Crippen LogP contribution in [0.1, 0.15) is 5.56 Å². The monoisotopic (exact) mass is 423 g/mol. The Hall–Kier alpha value is -4.39. The lowest BCUT2D eigenvalue weighted by molar-refractivity contribution is 0.363. The van der Waals surface area contributed by atoms with E-state index in [0.717, 1.165) is 16.9 Å². The summed E-state index contributed by atoms with van der Waals surface area (Å²) in [7, 11) is 1.62. The maximum Gasteiger partial charge on any atom is 0.346 e. The Morgan fingerprint density at radius 2 is 1.66 bits per heavy atom. The zero-order valence-corrected chi connectivity index (χ0v) is 17.5. The molecule has 0 radical (unpaired) electrons. The number of aromatic nitrogens is 4. The second kappa shape index (κ2) is 8.77. The van der Waals surface area contributed by atoms with Crippen molar-refractivity contribution in [2.75, 3.05) is 12.4 Å². The van der Waals surface area contributed by atoms with E-state index in [1.807, 2.05) is 60.7 Å². The summed E-state index contributed by atoms with van der Waals surface area (Å²) in [6, 6.07) is 30.2. The topological polar surface area (TPSA) is 74.1 Å². The molecule has 0 unspecified atom stereocenters. The number of ether oxygens (including phenoxy) is 2. The SMILES string of the molecule is COc1cc(CNc2cccc3ccccc23)ccc1Oc1nnnn1-c1ccccc1. The van der Waals surface area contributed by atoms with Gasteiger partial charge in [0.05, 0.1) is 12.8 Å². The predicted molar refractivity (Wildman–Crippen MR) is 123 cm³/mol. The smallest absolute Gasteiger partial charge is 0.346 e. The Bertz CT molecular complexity index is 1350. The van der Waals surface area contributed by atoms with E-state index in [1.54, 1.807) is 7.11 Å². The molecule has 0 saturated heterocycles. The first-order valence-corrected chi connectivity index (χ1v) is 10.2. The molecule has 158 valence electrons. The molecule has 0 fully saturated rings. The number of hydrogen-bond acceptors (Lipinski definition) is 6. The van der Waals surface area contributed by atoms with E-state index in [0.29, 0.717) is 18.0 Å². The Balaban J connectivity index is 1.35. The van der Waals surface area contributed by atoms with E-state index in [-0.39, 0.29) is 6.01 Å². The lowest BCUT2D eigenvalue weighted by atomic mass is 10.1. The molecule has 1 aromatic heterocycles. The highest BCUT2D eigenvalue weighted by Crippen LogP contribution is 2.32. The largest absolute Gasteiger partial charge is 0.493 e. The lowest BCUT2D eigenvalue weighted by Gasteiger charge is -2.13. The van der Waals surface area contributed by atoms with E-state index in [2.05, 4.69) is 51.2 Å². The minimum Gasteiger partial charge on any atom is -0.493 e. The first kappa shape index (κ1) is 19.6. The highest BCUT2D eigenvalue weighted by molar-refractivity contribution is 5.93. The Morgan fingerprint density at radius 3 is 2.53 bits per heavy atom. The van der Waals surface area contributed by atoms with Crippen molar-refractivity contribution in [3.8, 4) is 23.2 Å². The van der Waals surface area contributed by atoms with Crippen LogP contribution in [0.15, 0.2) is 91.0 Å². The van der Waals surface area contributed by atoms with Gasteiger partial charge in [-0.15, -0.1) is 0 Å². The molecule has 0 spiro atoms. The first-order valence-electron chi connectivity index (χ1n) is 10.2. The van der Waals surface area contributed by atoms with Crippen LogP contribution in [0.4, 0.5) is 5.69 Å². The number of nitrogens with one attached hydrogen (secondary N) is 1. The van der Waals surface area contributed by atoms with Gasteiger partial charge in [-0.05, 0) is 51.7 Å². The predicted octanol–water partition coefficient (Wildman–Crippen LogP) is 5.23. The molecule has 32 heavy (non-hydrogen) atoms. The molecule has 5 aromatic rings. The number of para-hydroxylation sites is 1. The molecule has 7 nitrogen and oxygen atoms in total. The molecule has 0 bridgehead atoms. The maximum absolute atomic E-state index is 5.98. The molecule has 0 atom stereocenters. The van der Waals surface area contributed by atoms with E-state index in [9.17, 15) is 0 Å². The van der Waals surface area contributed by atoms with E-state index in [1.165, 1.54) is 15.5 Å². The Kier molecular flexibility index (Phi) is 5.36. The molecule has 0 aliphatic rings. The molecule has 1 N–H and O–H groups in total. The van der Waals surface area contributed by atoms with Gasteiger partial charge in [0.2, 0.25) is 0 Å². The van der Waals surface area contributed by atoms with Gasteiger partial charge < -0.3 is 14.8 Å². The fraction of sp³-hybridized carbons (Fsp3) is 0.0800. The summed E-state index contributed by atoms with van der Waals surface area (Å²) >= 11 is 0. The summed E-state index contributed by atoms with van der Waals surface area (Å²) < 4.78 is 13.1. The van der Waals surface area contributed by atoms with Crippen LogP contribution in [0.3, 0.4) is 0 Å². The Morgan fingerprint density at radius 1 is 0.844 bits per heavy atom. The van der Waals surface area contributed by atoms with Crippen molar-refractivity contribution in [3.63, 3.8) is 0 Å². The van der Waals surface area contributed by atoms with Crippen LogP contribution in [0.2, 0.25) is 0 Å². The zero-order valence-electron chi connectivity index (χ0n) is 17.5. The minimum atomic E-state index is 0.260. The maximum atomic E-state index is 5.98. The van der Waals surface area contributed by atoms with Crippen LogP contribution in [0.5, 0.6) is 17.5 Å². The first-order chi connectivity index (χ1) is 15.8. The third kappa shape index (κ3) is 3.96. The number of nitrogens with zero attached hydrogens (tertiary/aromatic N) is 4. The van der Waals surface area contributed by atoms with E-state index < -0.39 is 0 Å². The average Bonchev–Trinajstić information content (AvgIpc) is 3.32. The highest BCUT2D eigenvalue weighted by Gasteiger charge is 2.14. The molecule has 7 heteroatoms. The van der Waals surface area contributed by atoms with Gasteiger partial charge in [0, 0.05) is 17.6 Å². The molecule has 4 aromatic carbocycles. The molecular formula is C25H21N5O2. The second-order valence-electron chi connectivity index (χ2n) is 7.18. The van der Waals surface area contributed by atoms with Gasteiger partial charge in [0.25, 0.3) is 0 Å². The van der Waals surface area contributed by atoms with Crippen molar-refractivity contribution >= 4 is 16.5 Å². The highest BCUT2D eigenvalue weighted by atomic mass is 16.5. The van der Waals surface area contributed by atoms with Gasteiger partial charge in [-0.2, -0.15) is 4.68 Å². The number of rotatable bonds is 7. The van der Waals surface area contributed by atoms with Crippen LogP contribution < -0.4 is 14.8 Å². The molecule has 5 rings (SSSR count). The number of methoxy groups -OCH3 is 1. The summed E-state index contributed by atoms with van der Waals surface area (Å²) in [6.45, 7) is 0.645. The summed E-state index contributed by atoms with van der Waals surface area (Å²) in [5.74, 6) is 1.14. The van der Waals surface area contributed by atoms with Gasteiger partial charge in [-0.25, -0.2) is 0 Å². The van der Waals surface area contributed by atoms with E-state index in [4.69, 9.17) is 9.47 Å². The number of tetrazole rings is 1. The molecule has 0 aliphatic carbocycles. The standard InChI is InChI=1S/C25H21N5O2/c1-31-24-16-18(17-26-22-13-7-9-19-8-5-6-12-21(19)22)14-15-23(24)32-25-27-28-29-30(25)20-10-3-2-4-11-20/h2-16,26H,17H2,1H3. The van der Waals surface area contributed by atoms with Crippen molar-refractivity contribution in [1.82, 2.24) is 20.2 Å². The molecule has 0 aliphatic heterocycles. The van der Waals surface area contributed by atoms with Crippen molar-refractivity contribution in [2.45, 2.75) is 6.54 Å². The van der Waals surface area contributed by atoms with Crippen molar-refractivity contribution in [2.24, 2.45) is 0 Å². The lowest BCUT2D eigenvalue weighted by Crippen LogP contribution is -2.03. The van der Waals surface area contributed by atoms with E-state index >= 15 is 0 Å². The van der Waals surface area contributed by atoms with Crippen molar-refractivity contribution in [3.05, 3.63) is 96.6 Å². The summed E-state index contributed by atoms with van der Waals surface area (Å²) in [5.41, 5.74) is 2.96. The van der Waals surface area contributed by atoms with Crippen LogP contribution in [0, 0.1) is 0 Å². The van der Waals surface area contributed by atoms with Gasteiger partial charge >= 0.3 is 6.01 Å². The zero-order chi connectivity index (χ0) is 21.8. The quantitative estimate of drug-likeness (QED) is 0.386. The average molecular weight is 423 g/mol. The molecular weight excluding hydrogens is 402 g/mol. The Labute approximate surface area is 185 Å². The minimum absolute atomic E-state index is 0.260. The summed E-state index contributed by atoms with van der Waals surface area (Å²) in [4.78, 5) is 0. The van der Waals surface area contributed by atoms with Gasteiger partial charge in [-0.3, -0.25) is 0 Å². The van der Waals surface area contributed by atoms with Gasteiger partial charge in [-0.1, -0.05) is 65.8 Å². The second-order valence-corrected chi connectivity index (χ2v) is 7.18. The molecule has 0 amide bonds. The third-order valence-corrected chi connectivity index (χ3v) is 5.14. The van der Waals surface area contributed by atoms with Gasteiger partial charge in [0.1, 0.15) is 0 Å². The third-order valence-electron chi connectivity index (χ3n) is 5.14. The number of fused-ring (bicyclic) bond motifs is 1. The number of benzene rings is 4. The van der Waals surface area contributed by atoms with Crippen molar-refractivity contribution < 1.29 is 9.47 Å². The fourth-order valence-electron chi connectivity index (χ4n) is 3.56. The van der Waals surface area contributed by atoms with Crippen LogP contribution >= 0.6 is 0 Å². The molecule has 0 saturated carbocycles. The normalized spacial score (nSPS) is 10.8. The van der Waals surface area contributed by atoms with Crippen LogP contribution in [-0.4, -0.2) is 27.3 Å². The number of anilines is 1. The summed E-state index contributed by atoms with van der Waals surface area (Å²) in [5, 5.41) is 17.7. The molecule has 1 heterocycles. The summed E-state index contributed by atoms with van der Waals surface area (Å²) in [6.07, 6.45) is 0. The van der Waals surface area contributed by atoms with Crippen LogP contribution in [0.25, 0.3) is 16.5 Å². The fourth-order valence-corrected chi connectivity index (χ4v) is 3.56.